The number of hydrogen-bond acceptors (Lipinski definition) is 4. The molecule has 2 N–H and O–H groups in total. The summed E-state index contributed by atoms with van der Waals surface area (Å²) in [6.07, 6.45) is 4.01. The molecule has 126 valence electrons. The van der Waals surface area contributed by atoms with Crippen LogP contribution in [-0.2, 0) is 11.3 Å². The second kappa shape index (κ2) is 7.34. The molecule has 1 aliphatic rings. The Morgan fingerprint density at radius 1 is 1.17 bits per heavy atom. The SMILES string of the molecule is Nc1ccc(C(=O)OC2CCCC2)cc1OCc1ccccc1F. The van der Waals surface area contributed by atoms with Gasteiger partial charge in [0.25, 0.3) is 0 Å². The maximum Gasteiger partial charge on any atom is 0.338 e. The number of hydrogen-bond donors (Lipinski definition) is 1. The predicted octanol–water partition coefficient (Wildman–Crippen LogP) is 4.09. The lowest BCUT2D eigenvalue weighted by atomic mass is 10.2. The third-order valence-electron chi connectivity index (χ3n) is 4.17. The maximum absolute atomic E-state index is 13.6. The van der Waals surface area contributed by atoms with Crippen LogP contribution < -0.4 is 10.5 Å². The number of rotatable bonds is 5. The highest BCUT2D eigenvalue weighted by molar-refractivity contribution is 5.90. The average molecular weight is 329 g/mol. The minimum atomic E-state index is -0.377. The van der Waals surface area contributed by atoms with Crippen LogP contribution in [0.3, 0.4) is 0 Å². The zero-order chi connectivity index (χ0) is 16.9. The van der Waals surface area contributed by atoms with Gasteiger partial charge in [-0.05, 0) is 49.9 Å². The monoisotopic (exact) mass is 329 g/mol. The Kier molecular flexibility index (Phi) is 4.99. The van der Waals surface area contributed by atoms with Crippen LogP contribution in [0.2, 0.25) is 0 Å². The van der Waals surface area contributed by atoms with Crippen molar-refractivity contribution in [1.29, 1.82) is 0 Å². The van der Waals surface area contributed by atoms with Crippen LogP contribution >= 0.6 is 0 Å². The van der Waals surface area contributed by atoms with Crippen LogP contribution in [0.5, 0.6) is 5.75 Å². The molecule has 0 saturated heterocycles. The molecule has 1 aliphatic carbocycles. The van der Waals surface area contributed by atoms with E-state index in [0.29, 0.717) is 22.6 Å². The van der Waals surface area contributed by atoms with Gasteiger partial charge < -0.3 is 15.2 Å². The molecule has 0 heterocycles. The second-order valence-corrected chi connectivity index (χ2v) is 5.94. The number of nitrogens with two attached hydrogens (primary N) is 1. The molecule has 1 fully saturated rings. The lowest BCUT2D eigenvalue weighted by Crippen LogP contribution is -2.15. The molecule has 24 heavy (non-hydrogen) atoms. The van der Waals surface area contributed by atoms with Crippen molar-refractivity contribution in [3.05, 3.63) is 59.4 Å². The largest absolute Gasteiger partial charge is 0.487 e. The van der Waals surface area contributed by atoms with Crippen molar-refractivity contribution < 1.29 is 18.7 Å². The van der Waals surface area contributed by atoms with Crippen LogP contribution in [-0.4, -0.2) is 12.1 Å². The van der Waals surface area contributed by atoms with Gasteiger partial charge in [0.1, 0.15) is 24.3 Å². The molecule has 0 bridgehead atoms. The molecular formula is C19H20FNO3. The molecule has 0 radical (unpaired) electrons. The molecule has 1 saturated carbocycles. The summed E-state index contributed by atoms with van der Waals surface area (Å²) in [6.45, 7) is 0.0397. The van der Waals surface area contributed by atoms with Crippen molar-refractivity contribution >= 4 is 11.7 Å². The maximum atomic E-state index is 13.6. The molecule has 0 unspecified atom stereocenters. The molecule has 0 aromatic heterocycles. The van der Waals surface area contributed by atoms with E-state index in [1.165, 1.54) is 6.07 Å². The summed E-state index contributed by atoms with van der Waals surface area (Å²) >= 11 is 0. The zero-order valence-corrected chi connectivity index (χ0v) is 13.3. The number of ether oxygens (including phenoxy) is 2. The van der Waals surface area contributed by atoms with E-state index in [2.05, 4.69) is 0 Å². The molecule has 3 rings (SSSR count). The second-order valence-electron chi connectivity index (χ2n) is 5.94. The van der Waals surface area contributed by atoms with Gasteiger partial charge in [-0.2, -0.15) is 0 Å². The van der Waals surface area contributed by atoms with E-state index in [1.807, 2.05) is 0 Å². The Bertz CT molecular complexity index is 726. The Balaban J connectivity index is 1.69. The number of benzene rings is 2. The van der Waals surface area contributed by atoms with Crippen LogP contribution in [0, 0.1) is 5.82 Å². The molecule has 4 nitrogen and oxygen atoms in total. The number of halogens is 1. The van der Waals surface area contributed by atoms with E-state index in [-0.39, 0.29) is 24.5 Å². The first kappa shape index (κ1) is 16.3. The highest BCUT2D eigenvalue weighted by Crippen LogP contribution is 2.26. The van der Waals surface area contributed by atoms with Gasteiger partial charge in [-0.1, -0.05) is 18.2 Å². The van der Waals surface area contributed by atoms with Gasteiger partial charge in [0, 0.05) is 5.56 Å². The number of carbonyl (C=O) groups is 1. The van der Waals surface area contributed by atoms with Crippen molar-refractivity contribution in [2.24, 2.45) is 0 Å². The van der Waals surface area contributed by atoms with E-state index < -0.39 is 0 Å². The Hall–Kier alpha value is -2.56. The van der Waals surface area contributed by atoms with Crippen molar-refractivity contribution in [3.63, 3.8) is 0 Å². The van der Waals surface area contributed by atoms with Crippen molar-refractivity contribution in [2.75, 3.05) is 5.73 Å². The van der Waals surface area contributed by atoms with Gasteiger partial charge in [0.05, 0.1) is 11.3 Å². The molecule has 5 heteroatoms. The van der Waals surface area contributed by atoms with Crippen molar-refractivity contribution in [1.82, 2.24) is 0 Å². The van der Waals surface area contributed by atoms with Crippen LogP contribution in [0.25, 0.3) is 0 Å². The van der Waals surface area contributed by atoms with Gasteiger partial charge in [0.2, 0.25) is 0 Å². The summed E-state index contributed by atoms with van der Waals surface area (Å²) in [4.78, 5) is 12.2. The highest BCUT2D eigenvalue weighted by atomic mass is 19.1. The Morgan fingerprint density at radius 3 is 2.67 bits per heavy atom. The normalized spacial score (nSPS) is 14.5. The Labute approximate surface area is 140 Å². The average Bonchev–Trinajstić information content (AvgIpc) is 3.08. The summed E-state index contributed by atoms with van der Waals surface area (Å²) in [5.41, 5.74) is 7.09. The molecule has 0 aliphatic heterocycles. The summed E-state index contributed by atoms with van der Waals surface area (Å²) in [6, 6.07) is 11.1. The standard InChI is InChI=1S/C19H20FNO3/c20-16-8-4-1-5-14(16)12-23-18-11-13(9-10-17(18)21)19(22)24-15-6-2-3-7-15/h1,4-5,8-11,15H,2-3,6-7,12,21H2. The first-order valence-corrected chi connectivity index (χ1v) is 8.10. The van der Waals surface area contributed by atoms with Gasteiger partial charge in [-0.25, -0.2) is 9.18 Å². The minimum absolute atomic E-state index is 0.00200. The number of carbonyl (C=O) groups excluding carboxylic acids is 1. The Morgan fingerprint density at radius 2 is 1.92 bits per heavy atom. The molecule has 2 aromatic rings. The first-order chi connectivity index (χ1) is 11.6. The van der Waals surface area contributed by atoms with E-state index in [1.54, 1.807) is 36.4 Å². The predicted molar refractivity (Wildman–Crippen MR) is 89.3 cm³/mol. The van der Waals surface area contributed by atoms with E-state index in [0.717, 1.165) is 25.7 Å². The lowest BCUT2D eigenvalue weighted by molar-refractivity contribution is 0.0317. The van der Waals surface area contributed by atoms with E-state index in [4.69, 9.17) is 15.2 Å². The molecule has 0 atom stereocenters. The highest BCUT2D eigenvalue weighted by Gasteiger charge is 2.20. The summed E-state index contributed by atoms with van der Waals surface area (Å²) in [5, 5.41) is 0. The fraction of sp³-hybridized carbons (Fsp3) is 0.316. The van der Waals surface area contributed by atoms with E-state index >= 15 is 0 Å². The third-order valence-corrected chi connectivity index (χ3v) is 4.17. The lowest BCUT2D eigenvalue weighted by Gasteiger charge is -2.13. The summed E-state index contributed by atoms with van der Waals surface area (Å²) < 4.78 is 24.7. The van der Waals surface area contributed by atoms with Gasteiger partial charge in [0.15, 0.2) is 0 Å². The quantitative estimate of drug-likeness (QED) is 0.663. The molecular weight excluding hydrogens is 309 g/mol. The van der Waals surface area contributed by atoms with Crippen molar-refractivity contribution in [2.45, 2.75) is 38.4 Å². The van der Waals surface area contributed by atoms with Gasteiger partial charge in [-0.3, -0.25) is 0 Å². The van der Waals surface area contributed by atoms with Gasteiger partial charge >= 0.3 is 5.97 Å². The zero-order valence-electron chi connectivity index (χ0n) is 13.3. The number of nitrogen functional groups attached to an aromatic ring is 1. The van der Waals surface area contributed by atoms with Crippen LogP contribution in [0.4, 0.5) is 10.1 Å². The summed E-state index contributed by atoms with van der Waals surface area (Å²) in [7, 11) is 0. The van der Waals surface area contributed by atoms with Crippen LogP contribution in [0.1, 0.15) is 41.6 Å². The minimum Gasteiger partial charge on any atom is -0.487 e. The third kappa shape index (κ3) is 3.85. The molecule has 2 aromatic carbocycles. The smallest absolute Gasteiger partial charge is 0.338 e. The summed E-state index contributed by atoms with van der Waals surface area (Å²) in [5.74, 6) is -0.371. The fourth-order valence-electron chi connectivity index (χ4n) is 2.78. The number of esters is 1. The van der Waals surface area contributed by atoms with E-state index in [9.17, 15) is 9.18 Å². The van der Waals surface area contributed by atoms with Crippen LogP contribution in [0.15, 0.2) is 42.5 Å². The topological polar surface area (TPSA) is 61.6 Å². The number of anilines is 1. The molecule has 0 spiro atoms. The van der Waals surface area contributed by atoms with Crippen molar-refractivity contribution in [3.8, 4) is 5.75 Å². The fourth-order valence-corrected chi connectivity index (χ4v) is 2.78. The first-order valence-electron chi connectivity index (χ1n) is 8.10. The molecule has 0 amide bonds. The van der Waals surface area contributed by atoms with Gasteiger partial charge in [-0.15, -0.1) is 0 Å².